The molecule has 6 rings (SSSR count). The van der Waals surface area contributed by atoms with Gasteiger partial charge in [-0.1, -0.05) is 26.7 Å². The van der Waals surface area contributed by atoms with E-state index in [4.69, 9.17) is 24.2 Å². The number of esters is 1. The normalized spacial score (nSPS) is 33.1. The quantitative estimate of drug-likeness (QED) is 0.369. The zero-order valence-electron chi connectivity index (χ0n) is 25.2. The van der Waals surface area contributed by atoms with Gasteiger partial charge < -0.3 is 23.9 Å². The SMILES string of the molecule is COc1ccc2nc3c(nc2c1)O[C@H]1CN(C(=O)[C@H](C(C)C)CC(=O)O[C@@H]2CC4CC4[C@H]2CCCCC3)[C@H](C=O)[C@@H]1CF. The highest BCUT2D eigenvalue weighted by atomic mass is 19.1. The van der Waals surface area contributed by atoms with E-state index < -0.39 is 30.7 Å². The lowest BCUT2D eigenvalue weighted by Crippen LogP contribution is -2.44. The number of hydrogen-bond acceptors (Lipinski definition) is 8. The summed E-state index contributed by atoms with van der Waals surface area (Å²) in [6, 6.07) is 4.46. The first-order valence-electron chi connectivity index (χ1n) is 15.8. The molecule has 8 atom stereocenters. The minimum atomic E-state index is -1.01. The molecular formula is C33H42FN3O6. The number of fused-ring (bicyclic) bond motifs is 7. The van der Waals surface area contributed by atoms with Gasteiger partial charge in [0.15, 0.2) is 0 Å². The summed E-state index contributed by atoms with van der Waals surface area (Å²) >= 11 is 0. The third-order valence-corrected chi connectivity index (χ3v) is 10.2. The lowest BCUT2D eigenvalue weighted by molar-refractivity contribution is -0.157. The smallest absolute Gasteiger partial charge is 0.306 e. The summed E-state index contributed by atoms with van der Waals surface area (Å²) in [5.74, 6) is 0.0915. The van der Waals surface area contributed by atoms with Gasteiger partial charge in [-0.15, -0.1) is 0 Å². The predicted molar refractivity (Wildman–Crippen MR) is 156 cm³/mol. The molecule has 3 fully saturated rings. The third-order valence-electron chi connectivity index (χ3n) is 10.2. The van der Waals surface area contributed by atoms with Crippen molar-refractivity contribution in [3.05, 3.63) is 23.9 Å². The number of hydrogen-bond donors (Lipinski definition) is 0. The number of aldehydes is 1. The maximum Gasteiger partial charge on any atom is 0.306 e. The Morgan fingerprint density at radius 2 is 1.91 bits per heavy atom. The molecule has 3 heterocycles. The fourth-order valence-corrected chi connectivity index (χ4v) is 7.63. The molecule has 2 aliphatic heterocycles. The van der Waals surface area contributed by atoms with Crippen molar-refractivity contribution in [2.24, 2.45) is 35.5 Å². The molecule has 0 N–H and O–H groups in total. The number of halogens is 1. The maximum atomic E-state index is 14.6. The average Bonchev–Trinajstić information content (AvgIpc) is 3.54. The average molecular weight is 596 g/mol. The minimum absolute atomic E-state index is 0.0143. The highest BCUT2D eigenvalue weighted by Gasteiger charge is 2.54. The van der Waals surface area contributed by atoms with Crippen molar-refractivity contribution in [3.8, 4) is 11.6 Å². The van der Waals surface area contributed by atoms with Crippen LogP contribution in [-0.2, 0) is 25.5 Å². The van der Waals surface area contributed by atoms with E-state index in [9.17, 15) is 18.8 Å². The van der Waals surface area contributed by atoms with Crippen LogP contribution in [0.3, 0.4) is 0 Å². The van der Waals surface area contributed by atoms with Crippen LogP contribution >= 0.6 is 0 Å². The summed E-state index contributed by atoms with van der Waals surface area (Å²) in [4.78, 5) is 50.5. The Balaban J connectivity index is 1.34. The van der Waals surface area contributed by atoms with E-state index in [2.05, 4.69) is 0 Å². The van der Waals surface area contributed by atoms with Crippen molar-refractivity contribution in [1.82, 2.24) is 14.9 Å². The number of carbonyl (C=O) groups excluding carboxylic acids is 3. The Hall–Kier alpha value is -3.30. The molecule has 2 saturated carbocycles. The Kier molecular flexibility index (Phi) is 8.56. The second kappa shape index (κ2) is 12.4. The number of aromatic nitrogens is 2. The van der Waals surface area contributed by atoms with Gasteiger partial charge in [0.25, 0.3) is 0 Å². The molecule has 0 spiro atoms. The topological polar surface area (TPSA) is 108 Å². The van der Waals surface area contributed by atoms with Crippen LogP contribution in [0.4, 0.5) is 4.39 Å². The molecule has 0 radical (unpaired) electrons. The zero-order chi connectivity index (χ0) is 30.2. The first kappa shape index (κ1) is 29.8. The number of nitrogens with zero attached hydrogens (tertiary/aromatic N) is 3. The van der Waals surface area contributed by atoms with Gasteiger partial charge in [0.2, 0.25) is 11.8 Å². The van der Waals surface area contributed by atoms with E-state index >= 15 is 0 Å². The fourth-order valence-electron chi connectivity index (χ4n) is 7.63. The monoisotopic (exact) mass is 595 g/mol. The van der Waals surface area contributed by atoms with Gasteiger partial charge >= 0.3 is 5.97 Å². The van der Waals surface area contributed by atoms with E-state index in [1.54, 1.807) is 13.2 Å². The highest BCUT2D eigenvalue weighted by molar-refractivity contribution is 5.86. The minimum Gasteiger partial charge on any atom is -0.497 e. The number of alkyl halides is 1. The molecule has 1 saturated heterocycles. The lowest BCUT2D eigenvalue weighted by Gasteiger charge is -2.29. The largest absolute Gasteiger partial charge is 0.497 e. The Morgan fingerprint density at radius 3 is 2.65 bits per heavy atom. The lowest BCUT2D eigenvalue weighted by atomic mass is 9.90. The first-order chi connectivity index (χ1) is 20.8. The van der Waals surface area contributed by atoms with E-state index in [1.165, 1.54) is 11.3 Å². The van der Waals surface area contributed by atoms with Gasteiger partial charge in [0.1, 0.15) is 29.9 Å². The van der Waals surface area contributed by atoms with Gasteiger partial charge in [-0.05, 0) is 67.9 Å². The molecule has 1 aromatic carbocycles. The van der Waals surface area contributed by atoms with Gasteiger partial charge in [0, 0.05) is 6.07 Å². The summed E-state index contributed by atoms with van der Waals surface area (Å²) in [6.07, 6.45) is 6.27. The molecule has 2 bridgehead atoms. The van der Waals surface area contributed by atoms with Crippen molar-refractivity contribution in [3.63, 3.8) is 0 Å². The van der Waals surface area contributed by atoms with E-state index in [0.29, 0.717) is 58.8 Å². The van der Waals surface area contributed by atoms with Crippen LogP contribution in [0.15, 0.2) is 18.2 Å². The number of amides is 1. The molecule has 2 aromatic rings. The van der Waals surface area contributed by atoms with Gasteiger partial charge in [0.05, 0.1) is 55.7 Å². The van der Waals surface area contributed by atoms with Gasteiger partial charge in [-0.3, -0.25) is 14.0 Å². The number of carbonyl (C=O) groups is 3. The van der Waals surface area contributed by atoms with Crippen LogP contribution in [0.25, 0.3) is 11.0 Å². The van der Waals surface area contributed by atoms with Crippen molar-refractivity contribution in [1.29, 1.82) is 0 Å². The van der Waals surface area contributed by atoms with Crippen LogP contribution in [-0.4, -0.2) is 71.6 Å². The molecular weight excluding hydrogens is 553 g/mol. The van der Waals surface area contributed by atoms with Crippen LogP contribution < -0.4 is 9.47 Å². The van der Waals surface area contributed by atoms with Crippen LogP contribution in [0.5, 0.6) is 11.6 Å². The molecule has 2 unspecified atom stereocenters. The molecule has 1 amide bonds. The van der Waals surface area contributed by atoms with Crippen LogP contribution in [0.2, 0.25) is 0 Å². The number of methoxy groups -OCH3 is 1. The predicted octanol–water partition coefficient (Wildman–Crippen LogP) is 4.73. The molecule has 4 aliphatic rings. The molecule has 9 nitrogen and oxygen atoms in total. The second-order valence-electron chi connectivity index (χ2n) is 13.2. The molecule has 1 aromatic heterocycles. The van der Waals surface area contributed by atoms with Crippen LogP contribution in [0.1, 0.15) is 64.5 Å². The van der Waals surface area contributed by atoms with Crippen molar-refractivity contribution in [2.45, 2.75) is 83.5 Å². The van der Waals surface area contributed by atoms with Crippen molar-refractivity contribution >= 4 is 29.2 Å². The summed E-state index contributed by atoms with van der Waals surface area (Å²) in [7, 11) is 1.58. The van der Waals surface area contributed by atoms with Crippen molar-refractivity contribution in [2.75, 3.05) is 20.3 Å². The second-order valence-corrected chi connectivity index (χ2v) is 13.2. The summed E-state index contributed by atoms with van der Waals surface area (Å²) in [6.45, 7) is 2.93. The Labute approximate surface area is 251 Å². The van der Waals surface area contributed by atoms with E-state index in [0.717, 1.165) is 32.1 Å². The molecule has 43 heavy (non-hydrogen) atoms. The Morgan fingerprint density at radius 1 is 1.07 bits per heavy atom. The number of benzene rings is 1. The standard InChI is InChI=1S/C33H42FN3O6/c1-18(2)22-14-31(39)42-29-12-19-11-23(19)21(29)7-5-4-6-8-26-32(36-27-13-20(41-3)9-10-25(27)35-26)43-30-16-37(33(22)40)28(17-38)24(30)15-34/h9-10,13,17-19,21-24,28-30H,4-8,11-12,14-16H2,1-3H3/t19?,21-,22+,23?,24+,28-,29-,30+/m1/s1. The highest BCUT2D eigenvalue weighted by Crippen LogP contribution is 2.57. The first-order valence-corrected chi connectivity index (χ1v) is 15.8. The van der Waals surface area contributed by atoms with Crippen molar-refractivity contribution < 1.29 is 33.0 Å². The summed E-state index contributed by atoms with van der Waals surface area (Å²) < 4.78 is 32.4. The van der Waals surface area contributed by atoms with Gasteiger partial charge in [-0.2, -0.15) is 0 Å². The fraction of sp³-hybridized carbons (Fsp3) is 0.667. The molecule has 2 aliphatic carbocycles. The van der Waals surface area contributed by atoms with Crippen LogP contribution in [0, 0.1) is 35.5 Å². The Bertz CT molecular complexity index is 1370. The molecule has 232 valence electrons. The van der Waals surface area contributed by atoms with E-state index in [-0.39, 0.29) is 36.9 Å². The molecule has 10 heteroatoms. The maximum absolute atomic E-state index is 14.6. The zero-order valence-corrected chi connectivity index (χ0v) is 25.2. The number of aryl methyl sites for hydroxylation is 1. The number of ether oxygens (including phenoxy) is 3. The summed E-state index contributed by atoms with van der Waals surface area (Å²) in [5, 5.41) is 0. The third kappa shape index (κ3) is 5.94. The number of rotatable bonds is 4. The van der Waals surface area contributed by atoms with E-state index in [1.807, 2.05) is 26.0 Å². The van der Waals surface area contributed by atoms with Gasteiger partial charge in [-0.25, -0.2) is 9.97 Å². The summed E-state index contributed by atoms with van der Waals surface area (Å²) in [5.41, 5.74) is 1.97.